The first-order valence-corrected chi connectivity index (χ1v) is 20.2. The summed E-state index contributed by atoms with van der Waals surface area (Å²) in [6.45, 7) is 4.54. The molecule has 0 rings (SSSR count). The van der Waals surface area contributed by atoms with Crippen LogP contribution < -0.4 is 0 Å². The number of carboxylic acid groups (broad SMARTS) is 1. The Morgan fingerprint density at radius 1 is 0.608 bits per heavy atom. The molecule has 0 aromatic heterocycles. The summed E-state index contributed by atoms with van der Waals surface area (Å²) in [6, 6.07) is -0.619. The van der Waals surface area contributed by atoms with Gasteiger partial charge in [0.2, 0.25) is 0 Å². The van der Waals surface area contributed by atoms with Crippen molar-refractivity contribution in [2.24, 2.45) is 0 Å². The van der Waals surface area contributed by atoms with Crippen LogP contribution in [0.15, 0.2) is 48.6 Å². The minimum atomic E-state index is -0.882. The predicted molar refractivity (Wildman–Crippen MR) is 211 cm³/mol. The van der Waals surface area contributed by atoms with Gasteiger partial charge in [-0.2, -0.15) is 0 Å². The van der Waals surface area contributed by atoms with Crippen LogP contribution in [0.25, 0.3) is 0 Å². The molecule has 0 aromatic rings. The molecule has 1 N–H and O–H groups in total. The van der Waals surface area contributed by atoms with E-state index in [1.165, 1.54) is 70.6 Å². The Kier molecular flexibility index (Phi) is 32.6. The monoisotopic (exact) mass is 719 g/mol. The molecule has 0 aliphatic carbocycles. The lowest BCUT2D eigenvalue weighted by Crippen LogP contribution is -2.50. The van der Waals surface area contributed by atoms with Crippen molar-refractivity contribution in [3.8, 4) is 0 Å². The number of hydrogen-bond donors (Lipinski definition) is 1. The van der Waals surface area contributed by atoms with Gasteiger partial charge in [0.15, 0.2) is 12.1 Å². The third-order valence-corrected chi connectivity index (χ3v) is 8.84. The number of esters is 2. The fourth-order valence-electron chi connectivity index (χ4n) is 5.69. The van der Waals surface area contributed by atoms with Crippen molar-refractivity contribution in [1.82, 2.24) is 0 Å². The number of unbranched alkanes of at least 4 members (excludes halogenated alkanes) is 16. The number of hydrogen-bond acceptors (Lipinski definition) is 6. The zero-order valence-electron chi connectivity index (χ0n) is 33.3. The molecule has 0 aromatic carbocycles. The highest BCUT2D eigenvalue weighted by molar-refractivity contribution is 5.72. The van der Waals surface area contributed by atoms with Crippen LogP contribution in [-0.4, -0.2) is 80.6 Å². The number of rotatable bonds is 35. The van der Waals surface area contributed by atoms with E-state index in [0.29, 0.717) is 19.3 Å². The summed E-state index contributed by atoms with van der Waals surface area (Å²) in [6.07, 6.45) is 38.7. The Hall–Kier alpha value is -2.71. The third kappa shape index (κ3) is 32.9. The molecule has 2 unspecified atom stereocenters. The van der Waals surface area contributed by atoms with Gasteiger partial charge in [0.25, 0.3) is 0 Å². The molecule has 0 aliphatic heterocycles. The van der Waals surface area contributed by atoms with Gasteiger partial charge in [-0.15, -0.1) is 0 Å². The lowest BCUT2D eigenvalue weighted by Gasteiger charge is -2.31. The zero-order chi connectivity index (χ0) is 37.8. The van der Waals surface area contributed by atoms with Crippen LogP contribution in [0.1, 0.15) is 155 Å². The number of carboxylic acids is 1. The number of quaternary nitrogens is 1. The smallest absolute Gasteiger partial charge is 0.362 e. The summed E-state index contributed by atoms with van der Waals surface area (Å²) in [5, 5.41) is 9.59. The van der Waals surface area contributed by atoms with Crippen molar-refractivity contribution < 1.29 is 38.2 Å². The lowest BCUT2D eigenvalue weighted by atomic mass is 10.0. The van der Waals surface area contributed by atoms with Gasteiger partial charge in [-0.3, -0.25) is 9.59 Å². The van der Waals surface area contributed by atoms with E-state index >= 15 is 0 Å². The first-order chi connectivity index (χ1) is 24.6. The molecule has 2 atom stereocenters. The minimum Gasteiger partial charge on any atom is -0.477 e. The second-order valence-electron chi connectivity index (χ2n) is 14.6. The summed E-state index contributed by atoms with van der Waals surface area (Å²) >= 11 is 0. The van der Waals surface area contributed by atoms with Crippen LogP contribution in [0, 0.1) is 0 Å². The first-order valence-electron chi connectivity index (χ1n) is 20.2. The summed E-state index contributed by atoms with van der Waals surface area (Å²) in [5.41, 5.74) is 0. The van der Waals surface area contributed by atoms with E-state index in [0.717, 1.165) is 51.4 Å². The largest absolute Gasteiger partial charge is 0.477 e. The van der Waals surface area contributed by atoms with Crippen molar-refractivity contribution in [2.45, 2.75) is 167 Å². The summed E-state index contributed by atoms with van der Waals surface area (Å²) in [4.78, 5) is 36.8. The van der Waals surface area contributed by atoms with Gasteiger partial charge in [0.1, 0.15) is 6.61 Å². The Balaban J connectivity index is 4.45. The molecular weight excluding hydrogens is 642 g/mol. The number of ether oxygens (including phenoxy) is 3. The quantitative estimate of drug-likeness (QED) is 0.0301. The molecule has 8 heteroatoms. The first kappa shape index (κ1) is 48.3. The van der Waals surface area contributed by atoms with E-state index in [1.54, 1.807) is 0 Å². The summed E-state index contributed by atoms with van der Waals surface area (Å²) in [7, 11) is 5.50. The summed E-state index contributed by atoms with van der Waals surface area (Å²) < 4.78 is 17.2. The SMILES string of the molecule is CC/C=C/C=C/C=C/C=C/CCCCCC(=O)OCC(COCCC(C(=O)O)[N+](C)(C)C)OC(=O)CCCCCCCCCCCCCCCC. The van der Waals surface area contributed by atoms with E-state index < -0.39 is 18.1 Å². The molecular formula is C43H76NO7+. The van der Waals surface area contributed by atoms with E-state index in [2.05, 4.69) is 26.0 Å². The maximum absolute atomic E-state index is 12.7. The van der Waals surface area contributed by atoms with Crippen LogP contribution in [0.2, 0.25) is 0 Å². The average molecular weight is 719 g/mol. The van der Waals surface area contributed by atoms with Crippen molar-refractivity contribution in [3.05, 3.63) is 48.6 Å². The number of carbonyl (C=O) groups excluding carboxylic acids is 2. The second-order valence-corrected chi connectivity index (χ2v) is 14.6. The van der Waals surface area contributed by atoms with Gasteiger partial charge >= 0.3 is 17.9 Å². The van der Waals surface area contributed by atoms with Gasteiger partial charge in [-0.05, 0) is 32.1 Å². The molecule has 0 spiro atoms. The minimum absolute atomic E-state index is 0.0489. The van der Waals surface area contributed by atoms with Crippen LogP contribution >= 0.6 is 0 Å². The third-order valence-electron chi connectivity index (χ3n) is 8.84. The lowest BCUT2D eigenvalue weighted by molar-refractivity contribution is -0.887. The molecule has 0 amide bonds. The van der Waals surface area contributed by atoms with E-state index in [-0.39, 0.29) is 36.2 Å². The molecule has 0 saturated heterocycles. The highest BCUT2D eigenvalue weighted by Crippen LogP contribution is 2.14. The van der Waals surface area contributed by atoms with E-state index in [9.17, 15) is 19.5 Å². The Morgan fingerprint density at radius 2 is 1.10 bits per heavy atom. The van der Waals surface area contributed by atoms with Crippen molar-refractivity contribution in [3.63, 3.8) is 0 Å². The van der Waals surface area contributed by atoms with Gasteiger partial charge in [-0.1, -0.05) is 152 Å². The molecule has 0 saturated carbocycles. The number of allylic oxidation sites excluding steroid dienone is 8. The molecule has 0 bridgehead atoms. The van der Waals surface area contributed by atoms with Gasteiger partial charge in [0.05, 0.1) is 34.4 Å². The average Bonchev–Trinajstić information content (AvgIpc) is 3.08. The number of nitrogens with zero attached hydrogens (tertiary/aromatic N) is 1. The molecule has 8 nitrogen and oxygen atoms in total. The molecule has 0 aliphatic rings. The summed E-state index contributed by atoms with van der Waals surface area (Å²) in [5.74, 6) is -1.52. The van der Waals surface area contributed by atoms with E-state index in [1.807, 2.05) is 57.6 Å². The topological polar surface area (TPSA) is 99.1 Å². The number of carbonyl (C=O) groups is 3. The Morgan fingerprint density at radius 3 is 1.63 bits per heavy atom. The van der Waals surface area contributed by atoms with Crippen LogP contribution in [0.3, 0.4) is 0 Å². The molecule has 0 heterocycles. The van der Waals surface area contributed by atoms with Crippen molar-refractivity contribution >= 4 is 17.9 Å². The van der Waals surface area contributed by atoms with E-state index in [4.69, 9.17) is 14.2 Å². The molecule has 294 valence electrons. The fraction of sp³-hybridized carbons (Fsp3) is 0.744. The molecule has 51 heavy (non-hydrogen) atoms. The number of likely N-dealkylation sites (N-methyl/N-ethyl adjacent to an activating group) is 1. The van der Waals surface area contributed by atoms with Crippen LogP contribution in [0.4, 0.5) is 0 Å². The normalized spacial score (nSPS) is 13.5. The maximum Gasteiger partial charge on any atom is 0.362 e. The second kappa shape index (κ2) is 34.4. The van der Waals surface area contributed by atoms with Gasteiger partial charge < -0.3 is 23.8 Å². The number of aliphatic carboxylic acids is 1. The highest BCUT2D eigenvalue weighted by atomic mass is 16.6. The molecule has 0 fully saturated rings. The maximum atomic E-state index is 12.7. The van der Waals surface area contributed by atoms with Gasteiger partial charge in [-0.25, -0.2) is 4.79 Å². The van der Waals surface area contributed by atoms with Crippen molar-refractivity contribution in [2.75, 3.05) is 41.0 Å². The van der Waals surface area contributed by atoms with Crippen LogP contribution in [-0.2, 0) is 28.6 Å². The fourth-order valence-corrected chi connectivity index (χ4v) is 5.69. The van der Waals surface area contributed by atoms with Gasteiger partial charge in [0, 0.05) is 19.3 Å². The molecule has 0 radical (unpaired) electrons. The Bertz CT molecular complexity index is 979. The van der Waals surface area contributed by atoms with Crippen LogP contribution in [0.5, 0.6) is 0 Å². The van der Waals surface area contributed by atoms with Crippen molar-refractivity contribution in [1.29, 1.82) is 0 Å². The zero-order valence-corrected chi connectivity index (χ0v) is 33.3. The highest BCUT2D eigenvalue weighted by Gasteiger charge is 2.31. The standard InChI is InChI=1S/C43H75NO7/c1-6-8-10-12-14-16-18-20-22-24-26-28-30-32-34-42(46)51-39(37-49-36-35-40(43(47)48)44(3,4)5)38-50-41(45)33-31-29-27-25-23-21-19-17-15-13-11-9-7-2/h9,11,13,15,17,19,21,23,39-40H,6-8,10,12,14,16,18,20,22,24-38H2,1-5H3/p+1/b11-9+,15-13+,19-17+,23-21+. The Labute approximate surface area is 312 Å². The predicted octanol–water partition coefficient (Wildman–Crippen LogP) is 10.5.